The molecule has 160 valence electrons. The molecule has 27 heavy (non-hydrogen) atoms. The molecule has 0 aliphatic carbocycles. The van der Waals surface area contributed by atoms with Crippen molar-refractivity contribution in [3.8, 4) is 0 Å². The van der Waals surface area contributed by atoms with Crippen LogP contribution in [-0.2, 0) is 9.59 Å². The van der Waals surface area contributed by atoms with Crippen LogP contribution in [0, 0.1) is 11.8 Å². The number of nitrogens with one attached hydrogen (secondary N) is 2. The molecule has 4 N–H and O–H groups in total. The minimum absolute atomic E-state index is 0.0376. The van der Waals surface area contributed by atoms with Crippen LogP contribution < -0.4 is 10.6 Å². The first-order valence-corrected chi connectivity index (χ1v) is 10.4. The summed E-state index contributed by atoms with van der Waals surface area (Å²) in [5.74, 6) is -0.748. The van der Waals surface area contributed by atoms with Gasteiger partial charge in [-0.3, -0.25) is 9.59 Å². The van der Waals surface area contributed by atoms with Crippen molar-refractivity contribution in [1.82, 2.24) is 10.6 Å². The van der Waals surface area contributed by atoms with Crippen LogP contribution in [0.2, 0.25) is 0 Å². The zero-order valence-electron chi connectivity index (χ0n) is 18.6. The molecule has 0 aromatic rings. The lowest BCUT2D eigenvalue weighted by atomic mass is 9.81. The van der Waals surface area contributed by atoms with Crippen molar-refractivity contribution in [3.05, 3.63) is 0 Å². The Kier molecular flexibility index (Phi) is 10.5. The van der Waals surface area contributed by atoms with Crippen molar-refractivity contribution in [2.75, 3.05) is 0 Å². The maximum atomic E-state index is 12.4. The standard InChI is InChI=1S/C21H42N2O4/c1-9-20(26,10-2)18(14(5)6)22-16(24)13-17(25)23-19(15(7)8)21(27,11-3)12-4/h14-15,18-19,26-27H,9-13H2,1-8H3,(H,22,24)(H,23,25)/t18-,19-/m1/s1. The molecule has 0 aliphatic rings. The van der Waals surface area contributed by atoms with E-state index in [0.29, 0.717) is 25.7 Å². The summed E-state index contributed by atoms with van der Waals surface area (Å²) in [6.07, 6.45) is 1.77. The lowest BCUT2D eigenvalue weighted by Crippen LogP contribution is -2.57. The zero-order valence-corrected chi connectivity index (χ0v) is 18.6. The Morgan fingerprint density at radius 1 is 0.704 bits per heavy atom. The fraction of sp³-hybridized carbons (Fsp3) is 0.905. The van der Waals surface area contributed by atoms with Crippen molar-refractivity contribution in [2.45, 2.75) is 111 Å². The molecule has 0 bridgehead atoms. The van der Waals surface area contributed by atoms with E-state index in [9.17, 15) is 19.8 Å². The third kappa shape index (κ3) is 7.07. The quantitative estimate of drug-likeness (QED) is 0.388. The van der Waals surface area contributed by atoms with Gasteiger partial charge in [0.2, 0.25) is 11.8 Å². The van der Waals surface area contributed by atoms with Crippen LogP contribution in [0.4, 0.5) is 0 Å². The number of rotatable bonds is 12. The van der Waals surface area contributed by atoms with Gasteiger partial charge >= 0.3 is 0 Å². The number of hydrogen-bond acceptors (Lipinski definition) is 4. The average molecular weight is 387 g/mol. The first-order chi connectivity index (χ1) is 12.4. The fourth-order valence-electron chi connectivity index (χ4n) is 3.82. The topological polar surface area (TPSA) is 98.7 Å². The van der Waals surface area contributed by atoms with E-state index in [4.69, 9.17) is 0 Å². The summed E-state index contributed by atoms with van der Waals surface area (Å²) in [7, 11) is 0. The second-order valence-corrected chi connectivity index (χ2v) is 8.38. The summed E-state index contributed by atoms with van der Waals surface area (Å²) in [6, 6.07) is -0.839. The first kappa shape index (κ1) is 25.9. The van der Waals surface area contributed by atoms with Crippen LogP contribution in [0.3, 0.4) is 0 Å². The minimum atomic E-state index is -0.995. The Hall–Kier alpha value is -1.14. The van der Waals surface area contributed by atoms with Crippen molar-refractivity contribution < 1.29 is 19.8 Å². The smallest absolute Gasteiger partial charge is 0.229 e. The summed E-state index contributed by atoms with van der Waals surface area (Å²) in [4.78, 5) is 24.9. The molecule has 0 heterocycles. The third-order valence-electron chi connectivity index (χ3n) is 5.89. The molecule has 0 saturated heterocycles. The van der Waals surface area contributed by atoms with Gasteiger partial charge in [0.05, 0.1) is 23.3 Å². The Morgan fingerprint density at radius 2 is 0.963 bits per heavy atom. The van der Waals surface area contributed by atoms with Crippen molar-refractivity contribution in [2.24, 2.45) is 11.8 Å². The fourth-order valence-corrected chi connectivity index (χ4v) is 3.82. The SMILES string of the molecule is CCC(O)(CC)[C@H](NC(=O)CC(=O)N[C@H](C(C)C)C(O)(CC)CC)C(C)C. The summed E-state index contributed by atoms with van der Waals surface area (Å²) >= 11 is 0. The summed E-state index contributed by atoms with van der Waals surface area (Å²) in [5.41, 5.74) is -1.99. The zero-order chi connectivity index (χ0) is 21.4. The molecule has 6 heteroatoms. The van der Waals surface area contributed by atoms with Gasteiger partial charge in [-0.25, -0.2) is 0 Å². The number of amides is 2. The normalized spacial score (nSPS) is 15.0. The molecule has 0 rings (SSSR count). The number of carbonyl (C=O) groups excluding carboxylic acids is 2. The second kappa shape index (κ2) is 11.0. The highest BCUT2D eigenvalue weighted by molar-refractivity contribution is 5.97. The van der Waals surface area contributed by atoms with Crippen LogP contribution in [0.5, 0.6) is 0 Å². The average Bonchev–Trinajstić information content (AvgIpc) is 2.62. The lowest BCUT2D eigenvalue weighted by Gasteiger charge is -2.39. The van der Waals surface area contributed by atoms with Crippen LogP contribution in [0.15, 0.2) is 0 Å². The van der Waals surface area contributed by atoms with E-state index in [-0.39, 0.29) is 18.3 Å². The molecule has 2 atom stereocenters. The van der Waals surface area contributed by atoms with Crippen LogP contribution >= 0.6 is 0 Å². The van der Waals surface area contributed by atoms with Crippen LogP contribution in [0.25, 0.3) is 0 Å². The van der Waals surface area contributed by atoms with Gasteiger partial charge in [0, 0.05) is 0 Å². The first-order valence-electron chi connectivity index (χ1n) is 10.4. The van der Waals surface area contributed by atoms with E-state index in [1.165, 1.54) is 0 Å². The Bertz CT molecular complexity index is 427. The highest BCUT2D eigenvalue weighted by Crippen LogP contribution is 2.26. The van der Waals surface area contributed by atoms with E-state index in [1.807, 2.05) is 55.4 Å². The number of aliphatic hydroxyl groups is 2. The monoisotopic (exact) mass is 386 g/mol. The third-order valence-corrected chi connectivity index (χ3v) is 5.89. The summed E-state index contributed by atoms with van der Waals surface area (Å²) < 4.78 is 0. The molecule has 0 aliphatic heterocycles. The Labute approximate surface area is 165 Å². The van der Waals surface area contributed by atoms with Crippen LogP contribution in [0.1, 0.15) is 87.5 Å². The molecule has 0 aromatic carbocycles. The van der Waals surface area contributed by atoms with Gasteiger partial charge in [-0.15, -0.1) is 0 Å². The van der Waals surface area contributed by atoms with E-state index in [1.54, 1.807) is 0 Å². The van der Waals surface area contributed by atoms with Gasteiger partial charge in [0.25, 0.3) is 0 Å². The van der Waals surface area contributed by atoms with E-state index < -0.39 is 35.1 Å². The van der Waals surface area contributed by atoms with Gasteiger partial charge in [-0.1, -0.05) is 55.4 Å². The summed E-state index contributed by atoms with van der Waals surface area (Å²) in [5, 5.41) is 27.3. The van der Waals surface area contributed by atoms with Gasteiger partial charge < -0.3 is 20.8 Å². The molecule has 0 aromatic heterocycles. The van der Waals surface area contributed by atoms with E-state index in [2.05, 4.69) is 10.6 Å². The highest BCUT2D eigenvalue weighted by Gasteiger charge is 2.38. The molecular weight excluding hydrogens is 344 g/mol. The lowest BCUT2D eigenvalue weighted by molar-refractivity contribution is -0.134. The van der Waals surface area contributed by atoms with Gasteiger partial charge in [0.1, 0.15) is 6.42 Å². The Balaban J connectivity index is 5.10. The predicted octanol–water partition coefficient (Wildman–Crippen LogP) is 2.76. The maximum absolute atomic E-state index is 12.4. The van der Waals surface area contributed by atoms with Crippen molar-refractivity contribution >= 4 is 11.8 Å². The molecule has 0 fully saturated rings. The van der Waals surface area contributed by atoms with E-state index in [0.717, 1.165) is 0 Å². The highest BCUT2D eigenvalue weighted by atomic mass is 16.3. The van der Waals surface area contributed by atoms with Crippen molar-refractivity contribution in [3.63, 3.8) is 0 Å². The van der Waals surface area contributed by atoms with E-state index >= 15 is 0 Å². The minimum Gasteiger partial charge on any atom is -0.388 e. The molecular formula is C21H42N2O4. The molecule has 2 amide bonds. The maximum Gasteiger partial charge on any atom is 0.229 e. The second-order valence-electron chi connectivity index (χ2n) is 8.38. The molecule has 0 unspecified atom stereocenters. The molecule has 0 radical (unpaired) electrons. The number of hydrogen-bond donors (Lipinski definition) is 4. The Morgan fingerprint density at radius 3 is 1.15 bits per heavy atom. The largest absolute Gasteiger partial charge is 0.388 e. The number of carbonyl (C=O) groups is 2. The van der Waals surface area contributed by atoms with Crippen molar-refractivity contribution in [1.29, 1.82) is 0 Å². The molecule has 6 nitrogen and oxygen atoms in total. The summed E-state index contributed by atoms with van der Waals surface area (Å²) in [6.45, 7) is 15.3. The molecule has 0 saturated carbocycles. The van der Waals surface area contributed by atoms with Crippen LogP contribution in [-0.4, -0.2) is 45.3 Å². The van der Waals surface area contributed by atoms with Gasteiger partial charge in [-0.2, -0.15) is 0 Å². The van der Waals surface area contributed by atoms with Gasteiger partial charge in [0.15, 0.2) is 0 Å². The van der Waals surface area contributed by atoms with Gasteiger partial charge in [-0.05, 0) is 37.5 Å². The predicted molar refractivity (Wildman–Crippen MR) is 109 cm³/mol. The molecule has 0 spiro atoms.